The number of benzene rings is 1. The van der Waals surface area contributed by atoms with Gasteiger partial charge in [-0.1, -0.05) is 11.6 Å². The summed E-state index contributed by atoms with van der Waals surface area (Å²) in [4.78, 5) is 12.1. The van der Waals surface area contributed by atoms with E-state index in [-0.39, 0.29) is 23.4 Å². The van der Waals surface area contributed by atoms with Gasteiger partial charge in [-0.25, -0.2) is 0 Å². The Morgan fingerprint density at radius 1 is 1.32 bits per heavy atom. The van der Waals surface area contributed by atoms with Gasteiger partial charge in [0.15, 0.2) is 5.76 Å². The number of fused-ring (bicyclic) bond motifs is 1. The smallest absolute Gasteiger partial charge is 0.287 e. The summed E-state index contributed by atoms with van der Waals surface area (Å²) < 4.78 is 5.52. The number of nitrogens with one attached hydrogen (secondary N) is 1. The highest BCUT2D eigenvalue weighted by Crippen LogP contribution is 2.21. The molecule has 3 nitrogen and oxygen atoms in total. The van der Waals surface area contributed by atoms with Gasteiger partial charge in [0.05, 0.1) is 5.54 Å². The minimum atomic E-state index is -0.644. The van der Waals surface area contributed by atoms with E-state index in [1.807, 2.05) is 25.1 Å². The van der Waals surface area contributed by atoms with Crippen LogP contribution in [-0.4, -0.2) is 23.2 Å². The summed E-state index contributed by atoms with van der Waals surface area (Å²) >= 11 is 11.6. The van der Waals surface area contributed by atoms with Crippen molar-refractivity contribution in [2.24, 2.45) is 0 Å². The molecule has 0 unspecified atom stereocenters. The number of halogens is 2. The number of furan rings is 1. The van der Waals surface area contributed by atoms with Crippen molar-refractivity contribution >= 4 is 40.1 Å². The van der Waals surface area contributed by atoms with Gasteiger partial charge in [-0.3, -0.25) is 4.79 Å². The zero-order valence-electron chi connectivity index (χ0n) is 10.8. The van der Waals surface area contributed by atoms with Crippen molar-refractivity contribution in [3.05, 3.63) is 35.6 Å². The van der Waals surface area contributed by atoms with Gasteiger partial charge in [0, 0.05) is 17.1 Å². The van der Waals surface area contributed by atoms with Crippen molar-refractivity contribution in [1.82, 2.24) is 5.32 Å². The molecule has 1 amide bonds. The molecule has 2 rings (SSSR count). The average molecular weight is 300 g/mol. The number of hydrogen-bond acceptors (Lipinski definition) is 2. The number of aryl methyl sites for hydroxylation is 1. The Bertz CT molecular complexity index is 603. The first-order valence-corrected chi connectivity index (χ1v) is 6.99. The minimum absolute atomic E-state index is 0.238. The maximum atomic E-state index is 12.1. The fourth-order valence-electron chi connectivity index (χ4n) is 1.71. The Morgan fingerprint density at radius 3 is 2.63 bits per heavy atom. The molecule has 0 atom stereocenters. The SMILES string of the molecule is Cc1ccc2oc(C(=O)NC(C)(CCl)CCl)cc2c1. The van der Waals surface area contributed by atoms with E-state index in [0.717, 1.165) is 10.9 Å². The Kier molecular flexibility index (Phi) is 4.07. The fraction of sp³-hybridized carbons (Fsp3) is 0.357. The van der Waals surface area contributed by atoms with E-state index in [9.17, 15) is 4.79 Å². The van der Waals surface area contributed by atoms with E-state index in [2.05, 4.69) is 5.32 Å². The predicted octanol–water partition coefficient (Wildman–Crippen LogP) is 3.71. The largest absolute Gasteiger partial charge is 0.451 e. The lowest BCUT2D eigenvalue weighted by Gasteiger charge is -2.25. The monoisotopic (exact) mass is 299 g/mol. The second-order valence-electron chi connectivity index (χ2n) is 4.93. The van der Waals surface area contributed by atoms with Crippen molar-refractivity contribution in [2.45, 2.75) is 19.4 Å². The van der Waals surface area contributed by atoms with Crippen LogP contribution in [0.1, 0.15) is 23.0 Å². The second-order valence-corrected chi connectivity index (χ2v) is 5.47. The molecule has 0 aliphatic rings. The van der Waals surface area contributed by atoms with Gasteiger partial charge < -0.3 is 9.73 Å². The van der Waals surface area contributed by atoms with E-state index in [4.69, 9.17) is 27.6 Å². The molecule has 19 heavy (non-hydrogen) atoms. The van der Waals surface area contributed by atoms with E-state index < -0.39 is 5.54 Å². The van der Waals surface area contributed by atoms with Gasteiger partial charge in [-0.15, -0.1) is 23.2 Å². The molecular weight excluding hydrogens is 285 g/mol. The van der Waals surface area contributed by atoms with Crippen molar-refractivity contribution in [3.8, 4) is 0 Å². The van der Waals surface area contributed by atoms with Crippen LogP contribution < -0.4 is 5.32 Å². The van der Waals surface area contributed by atoms with Gasteiger partial charge in [0.25, 0.3) is 5.91 Å². The quantitative estimate of drug-likeness (QED) is 0.875. The standard InChI is InChI=1S/C14H15Cl2NO2/c1-9-3-4-11-10(5-9)6-12(19-11)13(18)17-14(2,7-15)8-16/h3-6H,7-8H2,1-2H3,(H,17,18). The predicted molar refractivity (Wildman–Crippen MR) is 78.3 cm³/mol. The second kappa shape index (κ2) is 5.43. The van der Waals surface area contributed by atoms with Crippen molar-refractivity contribution in [2.75, 3.05) is 11.8 Å². The molecular formula is C14H15Cl2NO2. The molecule has 0 aliphatic carbocycles. The minimum Gasteiger partial charge on any atom is -0.451 e. The Balaban J connectivity index is 2.27. The highest BCUT2D eigenvalue weighted by molar-refractivity contribution is 6.22. The van der Waals surface area contributed by atoms with E-state index in [1.165, 1.54) is 0 Å². The molecule has 1 heterocycles. The van der Waals surface area contributed by atoms with Crippen LogP contribution in [-0.2, 0) is 0 Å². The van der Waals surface area contributed by atoms with Crippen LogP contribution in [0.2, 0.25) is 0 Å². The molecule has 0 spiro atoms. The number of amides is 1. The van der Waals surface area contributed by atoms with Gasteiger partial charge in [0.2, 0.25) is 0 Å². The summed E-state index contributed by atoms with van der Waals surface area (Å²) in [5.41, 5.74) is 1.16. The molecule has 1 aromatic heterocycles. The van der Waals surface area contributed by atoms with Gasteiger partial charge >= 0.3 is 0 Å². The summed E-state index contributed by atoms with van der Waals surface area (Å²) in [6.45, 7) is 3.78. The van der Waals surface area contributed by atoms with Crippen LogP contribution in [0.5, 0.6) is 0 Å². The number of alkyl halides is 2. The molecule has 1 N–H and O–H groups in total. The van der Waals surface area contributed by atoms with Crippen LogP contribution >= 0.6 is 23.2 Å². The van der Waals surface area contributed by atoms with Gasteiger partial charge in [-0.05, 0) is 32.0 Å². The summed E-state index contributed by atoms with van der Waals surface area (Å²) in [6.07, 6.45) is 0. The molecule has 0 aliphatic heterocycles. The van der Waals surface area contributed by atoms with Crippen LogP contribution in [0.25, 0.3) is 11.0 Å². The Morgan fingerprint density at radius 2 is 2.00 bits per heavy atom. The normalized spacial score (nSPS) is 11.8. The van der Waals surface area contributed by atoms with Crippen LogP contribution in [0.4, 0.5) is 0 Å². The summed E-state index contributed by atoms with van der Waals surface area (Å²) in [5, 5.41) is 3.69. The highest BCUT2D eigenvalue weighted by atomic mass is 35.5. The summed E-state index contributed by atoms with van der Waals surface area (Å²) in [6, 6.07) is 7.48. The molecule has 0 saturated heterocycles. The Hall–Kier alpha value is -1.19. The summed E-state index contributed by atoms with van der Waals surface area (Å²) in [5.74, 6) is 0.433. The third-order valence-electron chi connectivity index (χ3n) is 2.90. The topological polar surface area (TPSA) is 42.2 Å². The van der Waals surface area contributed by atoms with E-state index >= 15 is 0 Å². The maximum absolute atomic E-state index is 12.1. The molecule has 102 valence electrons. The third-order valence-corrected chi connectivity index (χ3v) is 4.08. The summed E-state index contributed by atoms with van der Waals surface area (Å²) in [7, 11) is 0. The van der Waals surface area contributed by atoms with Gasteiger partial charge in [-0.2, -0.15) is 0 Å². The van der Waals surface area contributed by atoms with Crippen molar-refractivity contribution in [3.63, 3.8) is 0 Å². The van der Waals surface area contributed by atoms with Crippen LogP contribution in [0.3, 0.4) is 0 Å². The first-order chi connectivity index (χ1) is 8.97. The fourth-order valence-corrected chi connectivity index (χ4v) is 2.13. The van der Waals surface area contributed by atoms with Crippen LogP contribution in [0, 0.1) is 6.92 Å². The number of carbonyl (C=O) groups excluding carboxylic acids is 1. The first-order valence-electron chi connectivity index (χ1n) is 5.92. The lowest BCUT2D eigenvalue weighted by molar-refractivity contribution is 0.0895. The zero-order valence-corrected chi connectivity index (χ0v) is 12.3. The highest BCUT2D eigenvalue weighted by Gasteiger charge is 2.26. The molecule has 2 aromatic rings. The molecule has 0 radical (unpaired) electrons. The average Bonchev–Trinajstić information content (AvgIpc) is 2.81. The van der Waals surface area contributed by atoms with Crippen molar-refractivity contribution < 1.29 is 9.21 Å². The molecule has 5 heteroatoms. The van der Waals surface area contributed by atoms with Crippen molar-refractivity contribution in [1.29, 1.82) is 0 Å². The molecule has 0 fully saturated rings. The maximum Gasteiger partial charge on any atom is 0.287 e. The van der Waals surface area contributed by atoms with Crippen LogP contribution in [0.15, 0.2) is 28.7 Å². The zero-order chi connectivity index (χ0) is 14.0. The molecule has 0 bridgehead atoms. The first kappa shape index (κ1) is 14.2. The van der Waals surface area contributed by atoms with E-state index in [0.29, 0.717) is 5.58 Å². The van der Waals surface area contributed by atoms with Gasteiger partial charge in [0.1, 0.15) is 5.58 Å². The van der Waals surface area contributed by atoms with E-state index in [1.54, 1.807) is 13.0 Å². The third kappa shape index (κ3) is 3.04. The number of hydrogen-bond donors (Lipinski definition) is 1. The lowest BCUT2D eigenvalue weighted by atomic mass is 10.1. The number of carbonyl (C=O) groups is 1. The lowest BCUT2D eigenvalue weighted by Crippen LogP contribution is -2.49. The number of rotatable bonds is 4. The molecule has 0 saturated carbocycles. The molecule has 1 aromatic carbocycles. The Labute approximate surface area is 121 Å².